The summed E-state index contributed by atoms with van der Waals surface area (Å²) in [5.41, 5.74) is -5.53. The fourth-order valence-electron chi connectivity index (χ4n) is 0.642. The maximum atomic E-state index is 10.7. The van der Waals surface area contributed by atoms with Crippen LogP contribution in [0.4, 0.5) is 13.2 Å². The average Bonchev–Trinajstić information content (AvgIpc) is 2.95. The SMILES string of the molecule is O=S(=O)(O)C(F)(F)F.[CH]1[CH][CH][CH][CH]1.[CH]1[CH][CH][CH][CH]1.[Fe]. The predicted molar refractivity (Wildman–Crippen MR) is 60.6 cm³/mol. The molecule has 1 N–H and O–H groups in total. The maximum absolute atomic E-state index is 10.7. The molecule has 0 aromatic carbocycles. The molecule has 3 nitrogen and oxygen atoms in total. The summed E-state index contributed by atoms with van der Waals surface area (Å²) < 4.78 is 57.5. The molecule has 2 saturated carbocycles. The molecule has 2 aliphatic carbocycles. The van der Waals surface area contributed by atoms with Gasteiger partial charge in [0.15, 0.2) is 0 Å². The van der Waals surface area contributed by atoms with Crippen molar-refractivity contribution in [3.63, 3.8) is 0 Å². The number of alkyl halides is 3. The molecular weight excluding hydrogens is 325 g/mol. The van der Waals surface area contributed by atoms with Gasteiger partial charge < -0.3 is 0 Å². The molecule has 0 heterocycles. The summed E-state index contributed by atoms with van der Waals surface area (Å²) in [5, 5.41) is 0. The summed E-state index contributed by atoms with van der Waals surface area (Å²) in [5.74, 6) is 0. The summed E-state index contributed by atoms with van der Waals surface area (Å²) in [6, 6.07) is 0. The largest absolute Gasteiger partial charge is 0.522 e. The molecule has 108 valence electrons. The molecule has 0 amide bonds. The molecule has 2 rings (SSSR count). The van der Waals surface area contributed by atoms with Crippen molar-refractivity contribution in [2.45, 2.75) is 5.51 Å². The van der Waals surface area contributed by atoms with Gasteiger partial charge in [0, 0.05) is 17.1 Å². The van der Waals surface area contributed by atoms with E-state index in [9.17, 15) is 13.2 Å². The molecule has 19 heavy (non-hydrogen) atoms. The monoisotopic (exact) mass is 336 g/mol. The molecule has 0 atom stereocenters. The van der Waals surface area contributed by atoms with E-state index < -0.39 is 15.6 Å². The van der Waals surface area contributed by atoms with Crippen molar-refractivity contribution >= 4 is 10.1 Å². The smallest absolute Gasteiger partial charge is 0.279 e. The minimum Gasteiger partial charge on any atom is -0.279 e. The summed E-state index contributed by atoms with van der Waals surface area (Å²) in [6.07, 6.45) is 20.0. The van der Waals surface area contributed by atoms with E-state index in [4.69, 9.17) is 13.0 Å². The van der Waals surface area contributed by atoms with Gasteiger partial charge in [-0.25, -0.2) is 0 Å². The topological polar surface area (TPSA) is 54.4 Å². The summed E-state index contributed by atoms with van der Waals surface area (Å²) in [7, 11) is -5.84. The molecule has 0 spiro atoms. The van der Waals surface area contributed by atoms with Crippen molar-refractivity contribution in [1.82, 2.24) is 0 Å². The van der Waals surface area contributed by atoms with Crippen LogP contribution < -0.4 is 0 Å². The third-order valence-corrected chi connectivity index (χ3v) is 1.99. The summed E-state index contributed by atoms with van der Waals surface area (Å²) in [6.45, 7) is 0. The van der Waals surface area contributed by atoms with Crippen LogP contribution in [0.15, 0.2) is 0 Å². The zero-order chi connectivity index (χ0) is 14.1. The maximum Gasteiger partial charge on any atom is 0.522 e. The molecule has 2 aliphatic rings. The van der Waals surface area contributed by atoms with Crippen molar-refractivity contribution in [2.24, 2.45) is 0 Å². The Bertz CT molecular complexity index is 272. The Kier molecular flexibility index (Phi) is 12.4. The van der Waals surface area contributed by atoms with E-state index in [1.54, 1.807) is 0 Å². The fourth-order valence-corrected chi connectivity index (χ4v) is 0.642. The first-order valence-electron chi connectivity index (χ1n) is 4.62. The second kappa shape index (κ2) is 10.9. The molecule has 0 unspecified atom stereocenters. The van der Waals surface area contributed by atoms with Gasteiger partial charge in [-0.1, -0.05) is 0 Å². The standard InChI is InChI=1S/2C5H5.CHF3O3S.Fe/c2*1-2-4-5-3-1;2-1(3,4)8(5,6)7;/h2*1-5H;(H,5,6,7);. The predicted octanol–water partition coefficient (Wildman–Crippen LogP) is 2.43. The first kappa shape index (κ1) is 21.5. The zero-order valence-corrected chi connectivity index (χ0v) is 11.4. The van der Waals surface area contributed by atoms with E-state index in [0.717, 1.165) is 0 Å². The Balaban J connectivity index is 0. The van der Waals surface area contributed by atoms with Crippen LogP contribution in [0.3, 0.4) is 0 Å². The van der Waals surface area contributed by atoms with Gasteiger partial charge >= 0.3 is 15.6 Å². The minimum absolute atomic E-state index is 0. The van der Waals surface area contributed by atoms with E-state index in [-0.39, 0.29) is 17.1 Å². The van der Waals surface area contributed by atoms with Crippen LogP contribution in [0.25, 0.3) is 0 Å². The molecule has 10 radical (unpaired) electrons. The van der Waals surface area contributed by atoms with E-state index in [0.29, 0.717) is 0 Å². The number of hydrogen-bond acceptors (Lipinski definition) is 2. The molecule has 8 heteroatoms. The second-order valence-electron chi connectivity index (χ2n) is 2.85. The summed E-state index contributed by atoms with van der Waals surface area (Å²) >= 11 is 0. The van der Waals surface area contributed by atoms with Crippen LogP contribution in [-0.4, -0.2) is 18.5 Å². The average molecular weight is 336 g/mol. The van der Waals surface area contributed by atoms with Crippen LogP contribution in [0.5, 0.6) is 0 Å². The molecule has 0 bridgehead atoms. The Morgan fingerprint density at radius 3 is 0.842 bits per heavy atom. The van der Waals surface area contributed by atoms with Crippen molar-refractivity contribution in [3.8, 4) is 0 Å². The third kappa shape index (κ3) is 13.0. The van der Waals surface area contributed by atoms with Crippen LogP contribution >= 0.6 is 0 Å². The van der Waals surface area contributed by atoms with E-state index in [2.05, 4.69) is 0 Å². The van der Waals surface area contributed by atoms with Gasteiger partial charge in [0.1, 0.15) is 0 Å². The van der Waals surface area contributed by atoms with Crippen LogP contribution in [0.1, 0.15) is 0 Å². The number of hydrogen-bond donors (Lipinski definition) is 1. The number of halogens is 3. The molecule has 2 fully saturated rings. The fraction of sp³-hybridized carbons (Fsp3) is 0.0909. The van der Waals surface area contributed by atoms with E-state index in [1.165, 1.54) is 0 Å². The Morgan fingerprint density at radius 1 is 0.684 bits per heavy atom. The molecule has 0 saturated heterocycles. The van der Waals surface area contributed by atoms with Gasteiger partial charge in [0.05, 0.1) is 0 Å². The Hall–Kier alpha value is 0.219. The van der Waals surface area contributed by atoms with Gasteiger partial charge in [-0.2, -0.15) is 21.6 Å². The van der Waals surface area contributed by atoms with E-state index in [1.807, 2.05) is 64.2 Å². The van der Waals surface area contributed by atoms with E-state index >= 15 is 0 Å². The molecule has 0 aromatic heterocycles. The van der Waals surface area contributed by atoms with Crippen molar-refractivity contribution in [3.05, 3.63) is 64.2 Å². The normalized spacial score (nSPS) is 18.5. The first-order valence-corrected chi connectivity index (χ1v) is 6.06. The second-order valence-corrected chi connectivity index (χ2v) is 4.26. The molecule has 0 aliphatic heterocycles. The summed E-state index contributed by atoms with van der Waals surface area (Å²) in [4.78, 5) is 0. The quantitative estimate of drug-likeness (QED) is 0.420. The Labute approximate surface area is 123 Å². The van der Waals surface area contributed by atoms with Crippen LogP contribution in [-0.2, 0) is 27.2 Å². The van der Waals surface area contributed by atoms with Crippen LogP contribution in [0.2, 0.25) is 0 Å². The van der Waals surface area contributed by atoms with Crippen LogP contribution in [0, 0.1) is 64.2 Å². The molecule has 0 aromatic rings. The molecular formula is C11H11F3FeO3S. The van der Waals surface area contributed by atoms with Gasteiger partial charge in [0.25, 0.3) is 0 Å². The van der Waals surface area contributed by atoms with Gasteiger partial charge in [-0.15, -0.1) is 0 Å². The van der Waals surface area contributed by atoms with Gasteiger partial charge in [0.2, 0.25) is 0 Å². The minimum atomic E-state index is -5.84. The third-order valence-electron chi connectivity index (χ3n) is 1.40. The zero-order valence-electron chi connectivity index (χ0n) is 9.43. The first-order chi connectivity index (χ1) is 8.25. The van der Waals surface area contributed by atoms with Gasteiger partial charge in [-0.3, -0.25) is 4.55 Å². The van der Waals surface area contributed by atoms with Crippen molar-refractivity contribution < 1.29 is 43.2 Å². The van der Waals surface area contributed by atoms with Crippen molar-refractivity contribution in [2.75, 3.05) is 0 Å². The van der Waals surface area contributed by atoms with Gasteiger partial charge in [-0.05, 0) is 64.2 Å². The number of rotatable bonds is 0. The Morgan fingerprint density at radius 2 is 0.789 bits per heavy atom. The van der Waals surface area contributed by atoms with Crippen molar-refractivity contribution in [1.29, 1.82) is 0 Å².